The Hall–Kier alpha value is -0.770. The monoisotopic (exact) mass is 241 g/mol. The van der Waals surface area contributed by atoms with E-state index in [1.807, 2.05) is 0 Å². The molecule has 0 radical (unpaired) electrons. The van der Waals surface area contributed by atoms with Crippen LogP contribution in [-0.4, -0.2) is 30.4 Å². The van der Waals surface area contributed by atoms with Crippen molar-refractivity contribution >= 4 is 11.6 Å². The largest absolute Gasteiger partial charge is 0.491 e. The second-order valence-corrected chi connectivity index (χ2v) is 4.54. The van der Waals surface area contributed by atoms with Crippen LogP contribution < -0.4 is 10.1 Å². The van der Waals surface area contributed by atoms with E-state index in [0.29, 0.717) is 24.2 Å². The standard InChI is InChI=1S/C12H16ClNO2/c13-9-1-5-12(6-2-9)16-8-11(15)7-14-10-3-4-10/h1-2,5-6,10-11,14-15H,3-4,7-8H2/t11-/m0/s1. The van der Waals surface area contributed by atoms with Crippen LogP contribution in [0.15, 0.2) is 24.3 Å². The normalized spacial score (nSPS) is 17.1. The number of hydrogen-bond acceptors (Lipinski definition) is 3. The number of rotatable bonds is 6. The molecular weight excluding hydrogens is 226 g/mol. The number of hydrogen-bond donors (Lipinski definition) is 2. The van der Waals surface area contributed by atoms with Gasteiger partial charge in [0.1, 0.15) is 18.5 Å². The molecular formula is C12H16ClNO2. The van der Waals surface area contributed by atoms with Crippen LogP contribution in [0.5, 0.6) is 5.75 Å². The van der Waals surface area contributed by atoms with Crippen molar-refractivity contribution in [3.05, 3.63) is 29.3 Å². The molecule has 1 atom stereocenters. The van der Waals surface area contributed by atoms with Gasteiger partial charge in [0.05, 0.1) is 0 Å². The summed E-state index contributed by atoms with van der Waals surface area (Å²) in [6.07, 6.45) is 1.99. The molecule has 88 valence electrons. The maximum Gasteiger partial charge on any atom is 0.119 e. The van der Waals surface area contributed by atoms with E-state index in [1.54, 1.807) is 24.3 Å². The van der Waals surface area contributed by atoms with Crippen molar-refractivity contribution < 1.29 is 9.84 Å². The van der Waals surface area contributed by atoms with Gasteiger partial charge < -0.3 is 15.2 Å². The van der Waals surface area contributed by atoms with Crippen molar-refractivity contribution in [1.82, 2.24) is 5.32 Å². The minimum Gasteiger partial charge on any atom is -0.491 e. The Bertz CT molecular complexity index is 324. The van der Waals surface area contributed by atoms with Gasteiger partial charge in [-0.05, 0) is 37.1 Å². The predicted octanol–water partition coefficient (Wildman–Crippen LogP) is 1.83. The Balaban J connectivity index is 1.67. The van der Waals surface area contributed by atoms with Gasteiger partial charge in [-0.3, -0.25) is 0 Å². The molecule has 3 nitrogen and oxygen atoms in total. The molecule has 0 saturated heterocycles. The van der Waals surface area contributed by atoms with Gasteiger partial charge in [0, 0.05) is 17.6 Å². The van der Waals surface area contributed by atoms with Gasteiger partial charge in [0.15, 0.2) is 0 Å². The lowest BCUT2D eigenvalue weighted by atomic mass is 10.3. The molecule has 1 aromatic carbocycles. The van der Waals surface area contributed by atoms with E-state index in [2.05, 4.69) is 5.32 Å². The molecule has 0 bridgehead atoms. The van der Waals surface area contributed by atoms with Crippen molar-refractivity contribution in [3.8, 4) is 5.75 Å². The average molecular weight is 242 g/mol. The van der Waals surface area contributed by atoms with Gasteiger partial charge in [0.25, 0.3) is 0 Å². The molecule has 2 N–H and O–H groups in total. The summed E-state index contributed by atoms with van der Waals surface area (Å²) in [7, 11) is 0. The smallest absolute Gasteiger partial charge is 0.119 e. The molecule has 0 aliphatic heterocycles. The Morgan fingerprint density at radius 3 is 2.69 bits per heavy atom. The fourth-order valence-corrected chi connectivity index (χ4v) is 1.50. The Morgan fingerprint density at radius 1 is 1.38 bits per heavy atom. The second kappa shape index (κ2) is 5.53. The zero-order valence-corrected chi connectivity index (χ0v) is 9.78. The maximum atomic E-state index is 9.63. The molecule has 16 heavy (non-hydrogen) atoms. The van der Waals surface area contributed by atoms with Crippen molar-refractivity contribution in [1.29, 1.82) is 0 Å². The predicted molar refractivity (Wildman–Crippen MR) is 64.0 cm³/mol. The lowest BCUT2D eigenvalue weighted by molar-refractivity contribution is 0.106. The first-order valence-electron chi connectivity index (χ1n) is 5.54. The third kappa shape index (κ3) is 4.00. The van der Waals surface area contributed by atoms with Crippen LogP contribution in [0.2, 0.25) is 5.02 Å². The van der Waals surface area contributed by atoms with E-state index in [0.717, 1.165) is 5.75 Å². The van der Waals surface area contributed by atoms with Gasteiger partial charge in [-0.2, -0.15) is 0 Å². The van der Waals surface area contributed by atoms with Gasteiger partial charge >= 0.3 is 0 Å². The zero-order chi connectivity index (χ0) is 11.4. The highest BCUT2D eigenvalue weighted by atomic mass is 35.5. The number of ether oxygens (including phenoxy) is 1. The lowest BCUT2D eigenvalue weighted by Gasteiger charge is -2.12. The van der Waals surface area contributed by atoms with Crippen LogP contribution in [0.3, 0.4) is 0 Å². The summed E-state index contributed by atoms with van der Waals surface area (Å²) in [6.45, 7) is 0.902. The van der Waals surface area contributed by atoms with E-state index < -0.39 is 6.10 Å². The molecule has 1 aliphatic rings. The highest BCUT2D eigenvalue weighted by Gasteiger charge is 2.21. The summed E-state index contributed by atoms with van der Waals surface area (Å²) < 4.78 is 5.43. The Kier molecular flexibility index (Phi) is 4.04. The molecule has 0 aromatic heterocycles. The third-order valence-corrected chi connectivity index (χ3v) is 2.73. The van der Waals surface area contributed by atoms with Gasteiger partial charge in [0.2, 0.25) is 0 Å². The van der Waals surface area contributed by atoms with Crippen LogP contribution in [-0.2, 0) is 0 Å². The molecule has 1 fully saturated rings. The second-order valence-electron chi connectivity index (χ2n) is 4.10. The number of aliphatic hydroxyl groups is 1. The first-order chi connectivity index (χ1) is 7.74. The van der Waals surface area contributed by atoms with Crippen LogP contribution in [0.4, 0.5) is 0 Å². The van der Waals surface area contributed by atoms with Crippen LogP contribution >= 0.6 is 11.6 Å². The third-order valence-electron chi connectivity index (χ3n) is 2.48. The molecule has 1 aromatic rings. The van der Waals surface area contributed by atoms with Gasteiger partial charge in [-0.1, -0.05) is 11.6 Å². The molecule has 0 amide bonds. The number of halogens is 1. The van der Waals surface area contributed by atoms with E-state index in [9.17, 15) is 5.11 Å². The maximum absolute atomic E-state index is 9.63. The minimum atomic E-state index is -0.462. The Morgan fingerprint density at radius 2 is 2.06 bits per heavy atom. The summed E-state index contributed by atoms with van der Waals surface area (Å²) in [6, 6.07) is 7.75. The summed E-state index contributed by atoms with van der Waals surface area (Å²) >= 11 is 5.75. The zero-order valence-electron chi connectivity index (χ0n) is 9.03. The molecule has 4 heteroatoms. The van der Waals surface area contributed by atoms with Crippen molar-refractivity contribution in [2.75, 3.05) is 13.2 Å². The lowest BCUT2D eigenvalue weighted by Crippen LogP contribution is -2.32. The fourth-order valence-electron chi connectivity index (χ4n) is 1.37. The molecule has 0 heterocycles. The topological polar surface area (TPSA) is 41.5 Å². The molecule has 0 unspecified atom stereocenters. The molecule has 1 saturated carbocycles. The summed E-state index contributed by atoms with van der Waals surface area (Å²) in [5.41, 5.74) is 0. The highest BCUT2D eigenvalue weighted by Crippen LogP contribution is 2.18. The van der Waals surface area contributed by atoms with Crippen LogP contribution in [0, 0.1) is 0 Å². The number of nitrogens with one attached hydrogen (secondary N) is 1. The molecule has 1 aliphatic carbocycles. The quantitative estimate of drug-likeness (QED) is 0.799. The summed E-state index contributed by atoms with van der Waals surface area (Å²) in [5, 5.41) is 13.6. The van der Waals surface area contributed by atoms with E-state index >= 15 is 0 Å². The minimum absolute atomic E-state index is 0.307. The number of benzene rings is 1. The van der Waals surface area contributed by atoms with E-state index in [1.165, 1.54) is 12.8 Å². The van der Waals surface area contributed by atoms with Gasteiger partial charge in [-0.15, -0.1) is 0 Å². The van der Waals surface area contributed by atoms with Crippen molar-refractivity contribution in [3.63, 3.8) is 0 Å². The fraction of sp³-hybridized carbons (Fsp3) is 0.500. The van der Waals surface area contributed by atoms with Crippen molar-refractivity contribution in [2.45, 2.75) is 25.0 Å². The molecule has 2 rings (SSSR count). The SMILES string of the molecule is O[C@@H](CNC1CC1)COc1ccc(Cl)cc1. The van der Waals surface area contributed by atoms with Crippen molar-refractivity contribution in [2.24, 2.45) is 0 Å². The van der Waals surface area contributed by atoms with E-state index in [4.69, 9.17) is 16.3 Å². The van der Waals surface area contributed by atoms with Crippen LogP contribution in [0.25, 0.3) is 0 Å². The van der Waals surface area contributed by atoms with Crippen LogP contribution in [0.1, 0.15) is 12.8 Å². The number of aliphatic hydroxyl groups excluding tert-OH is 1. The highest BCUT2D eigenvalue weighted by molar-refractivity contribution is 6.30. The van der Waals surface area contributed by atoms with Gasteiger partial charge in [-0.25, -0.2) is 0 Å². The average Bonchev–Trinajstić information content (AvgIpc) is 3.09. The molecule has 0 spiro atoms. The van der Waals surface area contributed by atoms with E-state index in [-0.39, 0.29) is 0 Å². The first kappa shape index (κ1) is 11.7. The first-order valence-corrected chi connectivity index (χ1v) is 5.91. The Labute approximate surface area is 100 Å². The summed E-state index contributed by atoms with van der Waals surface area (Å²) in [5.74, 6) is 0.731. The summed E-state index contributed by atoms with van der Waals surface area (Å²) in [4.78, 5) is 0.